The lowest BCUT2D eigenvalue weighted by Gasteiger charge is -2.32. The highest BCUT2D eigenvalue weighted by Crippen LogP contribution is 2.36. The van der Waals surface area contributed by atoms with Crippen molar-refractivity contribution in [3.63, 3.8) is 0 Å². The van der Waals surface area contributed by atoms with E-state index in [1.807, 2.05) is 29.2 Å². The van der Waals surface area contributed by atoms with E-state index >= 15 is 0 Å². The van der Waals surface area contributed by atoms with Gasteiger partial charge < -0.3 is 4.90 Å². The quantitative estimate of drug-likeness (QED) is 0.693. The first-order valence-electron chi connectivity index (χ1n) is 9.01. The number of carbonyl (C=O) groups is 1. The SMILES string of the molecule is C=C[C@H](CCC)[C@H](C(=O)N1CCCCC1)c1nc2ccccc2s1. The molecule has 2 aromatic rings. The lowest BCUT2D eigenvalue weighted by Crippen LogP contribution is -2.40. The van der Waals surface area contributed by atoms with Crippen LogP contribution >= 0.6 is 11.3 Å². The Labute approximate surface area is 148 Å². The van der Waals surface area contributed by atoms with Crippen molar-refractivity contribution in [3.8, 4) is 0 Å². The van der Waals surface area contributed by atoms with Gasteiger partial charge in [-0.1, -0.05) is 31.6 Å². The number of fused-ring (bicyclic) bond motifs is 1. The van der Waals surface area contributed by atoms with Gasteiger partial charge in [0, 0.05) is 13.1 Å². The monoisotopic (exact) mass is 342 g/mol. The van der Waals surface area contributed by atoms with Crippen LogP contribution in [-0.2, 0) is 4.79 Å². The van der Waals surface area contributed by atoms with Gasteiger partial charge in [-0.05, 0) is 43.7 Å². The molecule has 2 heterocycles. The molecule has 1 aliphatic rings. The maximum Gasteiger partial charge on any atom is 0.233 e. The van der Waals surface area contributed by atoms with Gasteiger partial charge in [0.1, 0.15) is 5.01 Å². The average molecular weight is 343 g/mol. The summed E-state index contributed by atoms with van der Waals surface area (Å²) in [5.74, 6) is 0.218. The molecule has 3 rings (SSSR count). The Morgan fingerprint density at radius 3 is 2.75 bits per heavy atom. The second-order valence-electron chi connectivity index (χ2n) is 6.57. The number of hydrogen-bond acceptors (Lipinski definition) is 3. The number of benzene rings is 1. The van der Waals surface area contributed by atoms with E-state index in [0.29, 0.717) is 0 Å². The highest BCUT2D eigenvalue weighted by molar-refractivity contribution is 7.18. The number of carbonyl (C=O) groups excluding carboxylic acids is 1. The third kappa shape index (κ3) is 3.54. The van der Waals surface area contributed by atoms with Crippen LogP contribution in [0, 0.1) is 5.92 Å². The Hall–Kier alpha value is -1.68. The molecule has 1 aromatic carbocycles. The van der Waals surface area contributed by atoms with Crippen LogP contribution in [0.5, 0.6) is 0 Å². The molecular formula is C20H26N2OS. The lowest BCUT2D eigenvalue weighted by atomic mass is 9.87. The molecule has 3 nitrogen and oxygen atoms in total. The molecule has 0 N–H and O–H groups in total. The number of amides is 1. The summed E-state index contributed by atoms with van der Waals surface area (Å²) in [6, 6.07) is 8.15. The molecule has 4 heteroatoms. The summed E-state index contributed by atoms with van der Waals surface area (Å²) in [7, 11) is 0. The average Bonchev–Trinajstić information content (AvgIpc) is 3.05. The Morgan fingerprint density at radius 2 is 2.08 bits per heavy atom. The molecule has 0 aliphatic carbocycles. The zero-order valence-corrected chi connectivity index (χ0v) is 15.2. The maximum absolute atomic E-state index is 13.3. The van der Waals surface area contributed by atoms with Gasteiger partial charge in [0.05, 0.1) is 16.1 Å². The smallest absolute Gasteiger partial charge is 0.233 e. The Bertz CT molecular complexity index is 669. The van der Waals surface area contributed by atoms with E-state index in [2.05, 4.69) is 19.6 Å². The van der Waals surface area contributed by atoms with Crippen LogP contribution in [0.1, 0.15) is 50.0 Å². The van der Waals surface area contributed by atoms with E-state index in [1.54, 1.807) is 11.3 Å². The summed E-state index contributed by atoms with van der Waals surface area (Å²) in [6.45, 7) is 7.95. The Kier molecular flexibility index (Phi) is 5.67. The minimum Gasteiger partial charge on any atom is -0.342 e. The number of hydrogen-bond donors (Lipinski definition) is 0. The summed E-state index contributed by atoms with van der Waals surface area (Å²) in [6.07, 6.45) is 7.45. The Balaban J connectivity index is 1.96. The molecule has 0 unspecified atom stereocenters. The number of thiazole rings is 1. The Morgan fingerprint density at radius 1 is 1.33 bits per heavy atom. The van der Waals surface area contributed by atoms with E-state index in [4.69, 9.17) is 4.98 Å². The molecule has 1 amide bonds. The van der Waals surface area contributed by atoms with Gasteiger partial charge in [0.25, 0.3) is 0 Å². The summed E-state index contributed by atoms with van der Waals surface area (Å²) in [5, 5.41) is 0.949. The van der Waals surface area contributed by atoms with Crippen LogP contribution < -0.4 is 0 Å². The third-order valence-corrected chi connectivity index (χ3v) is 5.98. The van der Waals surface area contributed by atoms with Crippen molar-refractivity contribution < 1.29 is 4.79 Å². The molecule has 2 atom stereocenters. The zero-order valence-electron chi connectivity index (χ0n) is 14.4. The standard InChI is InChI=1S/C20H26N2OS/c1-3-10-15(4-2)18(20(23)22-13-8-5-9-14-22)19-21-16-11-6-7-12-17(16)24-19/h4,6-7,11-12,15,18H,2-3,5,8-10,13-14H2,1H3/t15-,18+/m1/s1. The molecule has 1 aromatic heterocycles. The van der Waals surface area contributed by atoms with Crippen molar-refractivity contribution in [3.05, 3.63) is 41.9 Å². The van der Waals surface area contributed by atoms with Gasteiger partial charge >= 0.3 is 0 Å². The van der Waals surface area contributed by atoms with E-state index < -0.39 is 0 Å². The number of piperidine rings is 1. The first kappa shape index (κ1) is 17.2. The van der Waals surface area contributed by atoms with Gasteiger partial charge in [-0.3, -0.25) is 4.79 Å². The van der Waals surface area contributed by atoms with E-state index in [0.717, 1.165) is 54.0 Å². The van der Waals surface area contributed by atoms with Crippen molar-refractivity contribution >= 4 is 27.5 Å². The fourth-order valence-corrected chi connectivity index (χ4v) is 4.70. The van der Waals surface area contributed by atoms with Crippen molar-refractivity contribution in [2.24, 2.45) is 5.92 Å². The second kappa shape index (κ2) is 7.93. The largest absolute Gasteiger partial charge is 0.342 e. The van der Waals surface area contributed by atoms with E-state index in [-0.39, 0.29) is 17.7 Å². The molecule has 128 valence electrons. The highest BCUT2D eigenvalue weighted by Gasteiger charge is 2.34. The molecule has 0 spiro atoms. The fraction of sp³-hybridized carbons (Fsp3) is 0.500. The van der Waals surface area contributed by atoms with Crippen LogP contribution in [0.3, 0.4) is 0 Å². The van der Waals surface area contributed by atoms with Crippen LogP contribution in [0.4, 0.5) is 0 Å². The lowest BCUT2D eigenvalue weighted by molar-refractivity contribution is -0.134. The zero-order chi connectivity index (χ0) is 16.9. The number of aromatic nitrogens is 1. The minimum absolute atomic E-state index is 0.157. The molecular weight excluding hydrogens is 316 g/mol. The molecule has 0 radical (unpaired) electrons. The molecule has 1 saturated heterocycles. The van der Waals surface area contributed by atoms with E-state index in [1.165, 1.54) is 6.42 Å². The van der Waals surface area contributed by atoms with E-state index in [9.17, 15) is 4.79 Å². The molecule has 1 aliphatic heterocycles. The number of rotatable bonds is 6. The van der Waals surface area contributed by atoms with Crippen molar-refractivity contribution in [2.75, 3.05) is 13.1 Å². The normalized spacial score (nSPS) is 17.6. The van der Waals surface area contributed by atoms with Gasteiger partial charge in [-0.2, -0.15) is 0 Å². The topological polar surface area (TPSA) is 33.2 Å². The highest BCUT2D eigenvalue weighted by atomic mass is 32.1. The van der Waals surface area contributed by atoms with Gasteiger partial charge in [0.2, 0.25) is 5.91 Å². The van der Waals surface area contributed by atoms with Gasteiger partial charge in [-0.25, -0.2) is 4.98 Å². The number of likely N-dealkylation sites (tertiary alicyclic amines) is 1. The maximum atomic E-state index is 13.3. The van der Waals surface area contributed by atoms with Crippen LogP contribution in [0.25, 0.3) is 10.2 Å². The first-order valence-corrected chi connectivity index (χ1v) is 9.83. The third-order valence-electron chi connectivity index (χ3n) is 4.86. The van der Waals surface area contributed by atoms with Crippen molar-refractivity contribution in [1.82, 2.24) is 9.88 Å². The number of allylic oxidation sites excluding steroid dienone is 1. The predicted octanol–water partition coefficient (Wildman–Crippen LogP) is 4.99. The summed E-state index contributed by atoms with van der Waals surface area (Å²) in [4.78, 5) is 20.1. The fourth-order valence-electron chi connectivity index (χ4n) is 3.56. The first-order chi connectivity index (χ1) is 11.7. The minimum atomic E-state index is -0.182. The summed E-state index contributed by atoms with van der Waals surface area (Å²) < 4.78 is 1.16. The van der Waals surface area contributed by atoms with Crippen LogP contribution in [0.2, 0.25) is 0 Å². The van der Waals surface area contributed by atoms with Gasteiger partial charge in [0.15, 0.2) is 0 Å². The number of para-hydroxylation sites is 1. The second-order valence-corrected chi connectivity index (χ2v) is 7.63. The molecule has 0 saturated carbocycles. The summed E-state index contributed by atoms with van der Waals surface area (Å²) in [5.41, 5.74) is 0.994. The van der Waals surface area contributed by atoms with Crippen molar-refractivity contribution in [2.45, 2.75) is 44.9 Å². The van der Waals surface area contributed by atoms with Crippen molar-refractivity contribution in [1.29, 1.82) is 0 Å². The molecule has 1 fully saturated rings. The van der Waals surface area contributed by atoms with Crippen LogP contribution in [0.15, 0.2) is 36.9 Å². The van der Waals surface area contributed by atoms with Gasteiger partial charge in [-0.15, -0.1) is 17.9 Å². The number of nitrogens with zero attached hydrogens (tertiary/aromatic N) is 2. The molecule has 24 heavy (non-hydrogen) atoms. The van der Waals surface area contributed by atoms with Crippen LogP contribution in [-0.4, -0.2) is 28.9 Å². The molecule has 0 bridgehead atoms. The predicted molar refractivity (Wildman–Crippen MR) is 101 cm³/mol. The summed E-state index contributed by atoms with van der Waals surface area (Å²) >= 11 is 1.66.